The minimum absolute atomic E-state index is 0.0339. The monoisotopic (exact) mass is 290 g/mol. The van der Waals surface area contributed by atoms with E-state index in [2.05, 4.69) is 0 Å². The van der Waals surface area contributed by atoms with Crippen LogP contribution in [-0.4, -0.2) is 35.3 Å². The third-order valence-corrected chi connectivity index (χ3v) is 3.86. The highest BCUT2D eigenvalue weighted by Crippen LogP contribution is 2.42. The summed E-state index contributed by atoms with van der Waals surface area (Å²) in [5.74, 6) is 0. The second-order valence-corrected chi connectivity index (χ2v) is 6.78. The predicted octanol–water partition coefficient (Wildman–Crippen LogP) is 2.72. The molecule has 1 amide bonds. The van der Waals surface area contributed by atoms with Crippen molar-refractivity contribution in [2.45, 2.75) is 51.0 Å². The minimum Gasteiger partial charge on any atom is -0.444 e. The van der Waals surface area contributed by atoms with Crippen molar-refractivity contribution < 1.29 is 14.3 Å². The summed E-state index contributed by atoms with van der Waals surface area (Å²) in [6.45, 7) is 6.25. The number of benzene rings is 1. The number of carbonyl (C=O) groups excluding carboxylic acids is 1. The molecule has 1 aromatic carbocycles. The van der Waals surface area contributed by atoms with Gasteiger partial charge >= 0.3 is 6.09 Å². The van der Waals surface area contributed by atoms with Crippen LogP contribution in [0.1, 0.15) is 38.9 Å². The van der Waals surface area contributed by atoms with E-state index < -0.39 is 5.60 Å². The van der Waals surface area contributed by atoms with E-state index in [0.717, 1.165) is 12.0 Å². The summed E-state index contributed by atoms with van der Waals surface area (Å²) in [4.78, 5) is 14.1. The molecule has 114 valence electrons. The van der Waals surface area contributed by atoms with Gasteiger partial charge in [-0.2, -0.15) is 0 Å². The first-order valence-corrected chi connectivity index (χ1v) is 7.34. The Morgan fingerprint density at radius 2 is 2.19 bits per heavy atom. The molecule has 2 fully saturated rings. The summed E-state index contributed by atoms with van der Waals surface area (Å²) < 4.78 is 11.5. The minimum atomic E-state index is -0.480. The molecule has 5 nitrogen and oxygen atoms in total. The molecule has 3 atom stereocenters. The Balaban J connectivity index is 1.77. The Bertz CT molecular complexity index is 553. The molecular formula is C16H22N2O3. The lowest BCUT2D eigenvalue weighted by Gasteiger charge is -2.34. The lowest BCUT2D eigenvalue weighted by Crippen LogP contribution is -2.45. The van der Waals surface area contributed by atoms with Gasteiger partial charge in [0.2, 0.25) is 0 Å². The van der Waals surface area contributed by atoms with E-state index >= 15 is 0 Å². The van der Waals surface area contributed by atoms with Crippen LogP contribution >= 0.6 is 0 Å². The zero-order valence-corrected chi connectivity index (χ0v) is 12.7. The molecule has 0 radical (unpaired) electrons. The highest BCUT2D eigenvalue weighted by atomic mass is 16.6. The molecule has 0 spiro atoms. The number of likely N-dealkylation sites (tertiary alicyclic amines) is 1. The van der Waals surface area contributed by atoms with Crippen LogP contribution in [-0.2, 0) is 9.47 Å². The van der Waals surface area contributed by atoms with Gasteiger partial charge in [0, 0.05) is 5.69 Å². The van der Waals surface area contributed by atoms with Crippen molar-refractivity contribution in [2.75, 3.05) is 12.3 Å². The average Bonchev–Trinajstić information content (AvgIpc) is 2.96. The van der Waals surface area contributed by atoms with Gasteiger partial charge in [-0.25, -0.2) is 4.79 Å². The highest BCUT2D eigenvalue weighted by molar-refractivity contribution is 5.69. The van der Waals surface area contributed by atoms with Gasteiger partial charge in [-0.15, -0.1) is 0 Å². The standard InChI is InChI=1S/C16H22N2O3/c1-16(2,3)21-15(19)18-9-12-8-13(18)14(20-12)10-5-4-6-11(17)7-10/h4-7,12-14H,8-9,17H2,1-3H3. The number of morpholine rings is 1. The second-order valence-electron chi connectivity index (χ2n) is 6.78. The lowest BCUT2D eigenvalue weighted by molar-refractivity contribution is -0.0467. The summed E-state index contributed by atoms with van der Waals surface area (Å²) in [6, 6.07) is 7.71. The number of anilines is 1. The number of hydrogen-bond donors (Lipinski definition) is 1. The third-order valence-electron chi connectivity index (χ3n) is 3.86. The molecule has 3 unspecified atom stereocenters. The summed E-state index contributed by atoms with van der Waals surface area (Å²) in [6.07, 6.45) is 0.583. The summed E-state index contributed by atoms with van der Waals surface area (Å²) in [5, 5.41) is 0. The average molecular weight is 290 g/mol. The second kappa shape index (κ2) is 4.91. The number of nitrogen functional groups attached to an aromatic ring is 1. The fraction of sp³-hybridized carbons (Fsp3) is 0.562. The molecule has 3 rings (SSSR count). The molecule has 2 N–H and O–H groups in total. The van der Waals surface area contributed by atoms with Gasteiger partial charge in [0.15, 0.2) is 0 Å². The van der Waals surface area contributed by atoms with E-state index in [-0.39, 0.29) is 24.3 Å². The number of amides is 1. The van der Waals surface area contributed by atoms with Crippen LogP contribution in [0.25, 0.3) is 0 Å². The molecule has 0 aromatic heterocycles. The van der Waals surface area contributed by atoms with E-state index in [1.807, 2.05) is 45.0 Å². The molecular weight excluding hydrogens is 268 g/mol. The van der Waals surface area contributed by atoms with Crippen molar-refractivity contribution >= 4 is 11.8 Å². The van der Waals surface area contributed by atoms with Gasteiger partial charge in [0.1, 0.15) is 11.7 Å². The Morgan fingerprint density at radius 1 is 1.43 bits per heavy atom. The van der Waals surface area contributed by atoms with Gasteiger partial charge in [-0.3, -0.25) is 4.90 Å². The molecule has 0 aliphatic carbocycles. The van der Waals surface area contributed by atoms with E-state index in [9.17, 15) is 4.79 Å². The number of carbonyl (C=O) groups is 1. The Morgan fingerprint density at radius 3 is 2.81 bits per heavy atom. The summed E-state index contributed by atoms with van der Waals surface area (Å²) in [5.41, 5.74) is 7.10. The van der Waals surface area contributed by atoms with Gasteiger partial charge < -0.3 is 15.2 Å². The van der Waals surface area contributed by atoms with Crippen LogP contribution in [0.3, 0.4) is 0 Å². The van der Waals surface area contributed by atoms with E-state index in [1.165, 1.54) is 0 Å². The number of nitrogens with two attached hydrogens (primary N) is 1. The fourth-order valence-corrected chi connectivity index (χ4v) is 3.08. The molecule has 2 saturated heterocycles. The van der Waals surface area contributed by atoms with Crippen LogP contribution in [0.5, 0.6) is 0 Å². The molecule has 2 aliphatic rings. The Kier molecular flexibility index (Phi) is 3.32. The number of rotatable bonds is 1. The Hall–Kier alpha value is -1.75. The maximum Gasteiger partial charge on any atom is 0.410 e. The van der Waals surface area contributed by atoms with Crippen LogP contribution in [0, 0.1) is 0 Å². The normalized spacial score (nSPS) is 28.0. The SMILES string of the molecule is CC(C)(C)OC(=O)N1CC2CC1C(c1cccc(N)c1)O2. The highest BCUT2D eigenvalue weighted by Gasteiger charge is 2.49. The molecule has 1 aromatic rings. The van der Waals surface area contributed by atoms with Gasteiger partial charge in [-0.05, 0) is 44.9 Å². The van der Waals surface area contributed by atoms with Crippen LogP contribution in [0.2, 0.25) is 0 Å². The topological polar surface area (TPSA) is 64.8 Å². The fourth-order valence-electron chi connectivity index (χ4n) is 3.08. The van der Waals surface area contributed by atoms with Crippen molar-refractivity contribution in [3.8, 4) is 0 Å². The van der Waals surface area contributed by atoms with Gasteiger partial charge in [0.25, 0.3) is 0 Å². The quantitative estimate of drug-likeness (QED) is 0.808. The van der Waals surface area contributed by atoms with E-state index in [4.69, 9.17) is 15.2 Å². The molecule has 5 heteroatoms. The molecule has 0 saturated carbocycles. The van der Waals surface area contributed by atoms with Crippen molar-refractivity contribution in [1.29, 1.82) is 0 Å². The first-order chi connectivity index (χ1) is 9.83. The maximum absolute atomic E-state index is 12.3. The summed E-state index contributed by atoms with van der Waals surface area (Å²) >= 11 is 0. The molecule has 2 aliphatic heterocycles. The number of ether oxygens (including phenoxy) is 2. The summed E-state index contributed by atoms with van der Waals surface area (Å²) in [7, 11) is 0. The third kappa shape index (κ3) is 2.83. The first kappa shape index (κ1) is 14.2. The zero-order valence-electron chi connectivity index (χ0n) is 12.7. The number of hydrogen-bond acceptors (Lipinski definition) is 4. The van der Waals surface area contributed by atoms with Crippen molar-refractivity contribution in [3.05, 3.63) is 29.8 Å². The number of fused-ring (bicyclic) bond motifs is 2. The molecule has 2 heterocycles. The van der Waals surface area contributed by atoms with Gasteiger partial charge in [0.05, 0.1) is 18.7 Å². The molecule has 2 bridgehead atoms. The van der Waals surface area contributed by atoms with Crippen LogP contribution in [0.4, 0.5) is 10.5 Å². The first-order valence-electron chi connectivity index (χ1n) is 7.34. The molecule has 21 heavy (non-hydrogen) atoms. The largest absolute Gasteiger partial charge is 0.444 e. The van der Waals surface area contributed by atoms with Gasteiger partial charge in [-0.1, -0.05) is 12.1 Å². The predicted molar refractivity (Wildman–Crippen MR) is 79.8 cm³/mol. The number of nitrogens with zero attached hydrogens (tertiary/aromatic N) is 1. The van der Waals surface area contributed by atoms with Crippen molar-refractivity contribution in [1.82, 2.24) is 4.90 Å². The lowest BCUT2D eigenvalue weighted by atomic mass is 10.0. The maximum atomic E-state index is 12.3. The van der Waals surface area contributed by atoms with Crippen molar-refractivity contribution in [2.24, 2.45) is 0 Å². The van der Waals surface area contributed by atoms with E-state index in [1.54, 1.807) is 4.90 Å². The smallest absolute Gasteiger partial charge is 0.410 e. The van der Waals surface area contributed by atoms with Crippen molar-refractivity contribution in [3.63, 3.8) is 0 Å². The van der Waals surface area contributed by atoms with Crippen LogP contribution in [0.15, 0.2) is 24.3 Å². The zero-order chi connectivity index (χ0) is 15.2. The van der Waals surface area contributed by atoms with E-state index in [0.29, 0.717) is 12.2 Å². The Labute approximate surface area is 125 Å². The van der Waals surface area contributed by atoms with Crippen LogP contribution < -0.4 is 5.73 Å².